The Hall–Kier alpha value is 0.417. The van der Waals surface area contributed by atoms with Crippen LogP contribution in [0.15, 0.2) is 0 Å². The lowest BCUT2D eigenvalue weighted by atomic mass is 10.2. The summed E-state index contributed by atoms with van der Waals surface area (Å²) in [6, 6.07) is 3.40. The number of rotatable bonds is 3. The molecule has 0 radical (unpaired) electrons. The Labute approximate surface area is 114 Å². The second-order valence-electron chi connectivity index (χ2n) is 5.96. The molecule has 0 atom stereocenters. The first kappa shape index (κ1) is 14.5. The molecule has 16 heavy (non-hydrogen) atoms. The van der Waals surface area contributed by atoms with Crippen LogP contribution in [0.3, 0.4) is 0 Å². The van der Waals surface area contributed by atoms with Crippen LogP contribution in [0.4, 0.5) is 0 Å². The van der Waals surface area contributed by atoms with E-state index in [1.54, 1.807) is 0 Å². The highest BCUT2D eigenvalue weighted by Crippen LogP contribution is 2.33. The van der Waals surface area contributed by atoms with Gasteiger partial charge in [-0.15, -0.1) is 0 Å². The normalized spacial score (nSPS) is 20.5. The van der Waals surface area contributed by atoms with E-state index in [9.17, 15) is 4.79 Å². The lowest BCUT2D eigenvalue weighted by molar-refractivity contribution is -0.152. The minimum Gasteiger partial charge on any atom is -0.460 e. The lowest BCUT2D eigenvalue weighted by Crippen LogP contribution is -2.42. The van der Waals surface area contributed by atoms with Crippen molar-refractivity contribution in [3.05, 3.63) is 0 Å². The lowest BCUT2D eigenvalue weighted by Gasteiger charge is -2.33. The van der Waals surface area contributed by atoms with Gasteiger partial charge in [-0.05, 0) is 24.8 Å². The molecular weight excluding hydrogens is 331 g/mol. The largest absolute Gasteiger partial charge is 0.460 e. The SMILES string of the molecule is CC(C)(C)OC(=O)C[Si]1(CI)CCCCC1. The van der Waals surface area contributed by atoms with Gasteiger partial charge in [0, 0.05) is 6.04 Å². The summed E-state index contributed by atoms with van der Waals surface area (Å²) in [5, 5.41) is 0. The topological polar surface area (TPSA) is 26.3 Å². The minimum absolute atomic E-state index is 0.0396. The van der Waals surface area contributed by atoms with Crippen LogP contribution in [0.25, 0.3) is 0 Å². The molecule has 0 spiro atoms. The Bertz CT molecular complexity index is 242. The fourth-order valence-corrected chi connectivity index (χ4v) is 9.09. The number of hydrogen-bond acceptors (Lipinski definition) is 2. The van der Waals surface area contributed by atoms with E-state index in [0.717, 1.165) is 6.04 Å². The molecule has 0 aliphatic carbocycles. The number of ether oxygens (including phenoxy) is 1. The number of esters is 1. The maximum absolute atomic E-state index is 11.9. The van der Waals surface area contributed by atoms with E-state index in [1.165, 1.54) is 35.4 Å². The van der Waals surface area contributed by atoms with Crippen molar-refractivity contribution in [2.45, 2.75) is 63.8 Å². The van der Waals surface area contributed by atoms with Gasteiger partial charge < -0.3 is 4.74 Å². The second kappa shape index (κ2) is 5.84. The minimum atomic E-state index is -1.31. The highest BCUT2D eigenvalue weighted by molar-refractivity contribution is 14.1. The third kappa shape index (κ3) is 4.73. The van der Waals surface area contributed by atoms with E-state index < -0.39 is 8.07 Å². The smallest absolute Gasteiger partial charge is 0.303 e. The zero-order valence-electron chi connectivity index (χ0n) is 10.6. The van der Waals surface area contributed by atoms with Crippen LogP contribution in [-0.4, -0.2) is 23.7 Å². The molecule has 4 heteroatoms. The van der Waals surface area contributed by atoms with E-state index in [0.29, 0.717) is 0 Å². The maximum atomic E-state index is 11.9. The van der Waals surface area contributed by atoms with Gasteiger partial charge in [0.1, 0.15) is 5.60 Å². The Morgan fingerprint density at radius 3 is 2.25 bits per heavy atom. The molecule has 0 amide bonds. The summed E-state index contributed by atoms with van der Waals surface area (Å²) in [6.07, 6.45) is 4.02. The van der Waals surface area contributed by atoms with Gasteiger partial charge in [0.25, 0.3) is 0 Å². The predicted octanol–water partition coefficient (Wildman–Crippen LogP) is 3.94. The molecule has 0 unspecified atom stereocenters. The first-order valence-corrected chi connectivity index (χ1v) is 10.5. The van der Waals surface area contributed by atoms with Crippen molar-refractivity contribution < 1.29 is 9.53 Å². The van der Waals surface area contributed by atoms with Gasteiger partial charge in [-0.3, -0.25) is 4.79 Å². The van der Waals surface area contributed by atoms with Crippen LogP contribution in [0.1, 0.15) is 40.0 Å². The van der Waals surface area contributed by atoms with Crippen molar-refractivity contribution in [3.63, 3.8) is 0 Å². The maximum Gasteiger partial charge on any atom is 0.303 e. The van der Waals surface area contributed by atoms with E-state index in [4.69, 9.17) is 4.74 Å². The summed E-state index contributed by atoms with van der Waals surface area (Å²) in [7, 11) is -1.31. The summed E-state index contributed by atoms with van der Waals surface area (Å²) in [5.74, 6) is 0.0396. The molecule has 0 aromatic rings. The van der Waals surface area contributed by atoms with Crippen molar-refractivity contribution in [1.29, 1.82) is 0 Å². The average Bonchev–Trinajstić information content (AvgIpc) is 2.16. The number of halogens is 1. The number of carbonyl (C=O) groups excluding carboxylic acids is 1. The van der Waals surface area contributed by atoms with Gasteiger partial charge in [0.05, 0.1) is 8.07 Å². The van der Waals surface area contributed by atoms with Crippen LogP contribution < -0.4 is 0 Å². The summed E-state index contributed by atoms with van der Waals surface area (Å²) in [5.41, 5.74) is -0.327. The molecule has 1 aliphatic rings. The molecule has 0 aromatic heterocycles. The van der Waals surface area contributed by atoms with Crippen LogP contribution in [0, 0.1) is 0 Å². The number of alkyl halides is 1. The molecule has 0 N–H and O–H groups in total. The molecule has 0 bridgehead atoms. The monoisotopic (exact) mass is 354 g/mol. The third-order valence-electron chi connectivity index (χ3n) is 3.14. The van der Waals surface area contributed by atoms with Crippen molar-refractivity contribution >= 4 is 36.6 Å². The van der Waals surface area contributed by atoms with Gasteiger partial charge in [0.2, 0.25) is 0 Å². The van der Waals surface area contributed by atoms with Gasteiger partial charge in [-0.2, -0.15) is 0 Å². The standard InChI is InChI=1S/C12H23IO2Si/c1-12(2,3)15-11(14)9-16(10-13)7-5-4-6-8-16/h4-10H2,1-3H3. The van der Waals surface area contributed by atoms with E-state index in [1.807, 2.05) is 20.8 Å². The van der Waals surface area contributed by atoms with Gasteiger partial charge in [-0.25, -0.2) is 0 Å². The summed E-state index contributed by atoms with van der Waals surface area (Å²) in [4.78, 5) is 11.9. The van der Waals surface area contributed by atoms with Crippen LogP contribution >= 0.6 is 22.6 Å². The highest BCUT2D eigenvalue weighted by Gasteiger charge is 2.36. The van der Waals surface area contributed by atoms with Crippen molar-refractivity contribution in [2.24, 2.45) is 0 Å². The zero-order valence-corrected chi connectivity index (χ0v) is 13.8. The molecule has 2 nitrogen and oxygen atoms in total. The quantitative estimate of drug-likeness (QED) is 0.332. The Morgan fingerprint density at radius 1 is 1.25 bits per heavy atom. The highest BCUT2D eigenvalue weighted by atomic mass is 127. The average molecular weight is 354 g/mol. The van der Waals surface area contributed by atoms with Crippen molar-refractivity contribution in [3.8, 4) is 0 Å². The Balaban J connectivity index is 2.52. The molecule has 1 fully saturated rings. The fraction of sp³-hybridized carbons (Fsp3) is 0.917. The summed E-state index contributed by atoms with van der Waals surface area (Å²) >= 11 is 2.48. The molecular formula is C12H23IO2Si. The van der Waals surface area contributed by atoms with Crippen LogP contribution in [0.2, 0.25) is 18.1 Å². The number of hydrogen-bond donors (Lipinski definition) is 0. The zero-order chi connectivity index (χ0) is 12.2. The van der Waals surface area contributed by atoms with Crippen LogP contribution in [-0.2, 0) is 9.53 Å². The summed E-state index contributed by atoms with van der Waals surface area (Å²) < 4.78 is 6.67. The fourth-order valence-electron chi connectivity index (χ4n) is 2.34. The first-order valence-electron chi connectivity index (χ1n) is 6.15. The van der Waals surface area contributed by atoms with E-state index in [2.05, 4.69) is 22.6 Å². The van der Waals surface area contributed by atoms with Crippen molar-refractivity contribution in [1.82, 2.24) is 0 Å². The van der Waals surface area contributed by atoms with Gasteiger partial charge >= 0.3 is 5.97 Å². The van der Waals surface area contributed by atoms with Gasteiger partial charge in [-0.1, -0.05) is 53.9 Å². The molecule has 0 saturated carbocycles. The van der Waals surface area contributed by atoms with Crippen molar-refractivity contribution in [2.75, 3.05) is 4.05 Å². The third-order valence-corrected chi connectivity index (χ3v) is 12.4. The van der Waals surface area contributed by atoms with Gasteiger partial charge in [0.15, 0.2) is 0 Å². The van der Waals surface area contributed by atoms with E-state index >= 15 is 0 Å². The van der Waals surface area contributed by atoms with E-state index in [-0.39, 0.29) is 11.6 Å². The molecule has 1 rings (SSSR count). The predicted molar refractivity (Wildman–Crippen MR) is 78.8 cm³/mol. The molecule has 1 heterocycles. The molecule has 1 saturated heterocycles. The molecule has 0 aromatic carbocycles. The number of carbonyl (C=O) groups is 1. The molecule has 1 aliphatic heterocycles. The van der Waals surface area contributed by atoms with Crippen LogP contribution in [0.5, 0.6) is 0 Å². The molecule has 94 valence electrons. The second-order valence-corrected chi connectivity index (χ2v) is 12.9. The summed E-state index contributed by atoms with van der Waals surface area (Å²) in [6.45, 7) is 5.85. The Morgan fingerprint density at radius 2 is 1.81 bits per heavy atom. The Kier molecular flexibility index (Phi) is 5.29. The first-order chi connectivity index (χ1) is 7.37.